The summed E-state index contributed by atoms with van der Waals surface area (Å²) in [5.41, 5.74) is 0.979. The fourth-order valence-corrected chi connectivity index (χ4v) is 3.87. The second-order valence-corrected chi connectivity index (χ2v) is 7.44. The fraction of sp³-hybridized carbons (Fsp3) is 0.375. The molecule has 0 atom stereocenters. The van der Waals surface area contributed by atoms with E-state index in [0.29, 0.717) is 23.2 Å². The van der Waals surface area contributed by atoms with Gasteiger partial charge in [-0.3, -0.25) is 0 Å². The SMILES string of the molecule is CN(C)c1cccc2c(S(=O)(=O)N(C)CCCO)cccc12. The lowest BCUT2D eigenvalue weighted by molar-refractivity contribution is 0.275. The van der Waals surface area contributed by atoms with Crippen molar-refractivity contribution < 1.29 is 13.5 Å². The Morgan fingerprint density at radius 2 is 1.64 bits per heavy atom. The van der Waals surface area contributed by atoms with Crippen molar-refractivity contribution in [3.8, 4) is 0 Å². The molecular weight excluding hydrogens is 300 g/mol. The molecule has 2 aromatic rings. The van der Waals surface area contributed by atoms with Gasteiger partial charge in [-0.15, -0.1) is 0 Å². The lowest BCUT2D eigenvalue weighted by Gasteiger charge is -2.20. The number of anilines is 1. The summed E-state index contributed by atoms with van der Waals surface area (Å²) in [6.07, 6.45) is 0.420. The molecule has 22 heavy (non-hydrogen) atoms. The number of rotatable bonds is 6. The number of aliphatic hydroxyl groups excluding tert-OH is 1. The first-order chi connectivity index (χ1) is 10.4. The largest absolute Gasteiger partial charge is 0.396 e. The molecule has 0 saturated heterocycles. The van der Waals surface area contributed by atoms with Gasteiger partial charge in [-0.05, 0) is 18.6 Å². The Hall–Kier alpha value is -1.63. The first-order valence-corrected chi connectivity index (χ1v) is 8.60. The molecule has 0 radical (unpaired) electrons. The van der Waals surface area contributed by atoms with Crippen molar-refractivity contribution in [2.75, 3.05) is 39.2 Å². The van der Waals surface area contributed by atoms with E-state index in [2.05, 4.69) is 0 Å². The number of sulfonamides is 1. The van der Waals surface area contributed by atoms with Crippen LogP contribution in [-0.2, 0) is 10.0 Å². The molecule has 0 aliphatic heterocycles. The number of nitrogens with zero attached hydrogens (tertiary/aromatic N) is 2. The van der Waals surface area contributed by atoms with Crippen LogP contribution in [0.5, 0.6) is 0 Å². The minimum Gasteiger partial charge on any atom is -0.396 e. The van der Waals surface area contributed by atoms with Gasteiger partial charge in [0.15, 0.2) is 0 Å². The Labute approximate surface area is 131 Å². The molecule has 2 rings (SSSR count). The molecule has 5 nitrogen and oxygen atoms in total. The Morgan fingerprint density at radius 1 is 1.00 bits per heavy atom. The molecule has 0 fully saturated rings. The summed E-state index contributed by atoms with van der Waals surface area (Å²) in [4.78, 5) is 2.27. The summed E-state index contributed by atoms with van der Waals surface area (Å²) >= 11 is 0. The van der Waals surface area contributed by atoms with E-state index < -0.39 is 10.0 Å². The number of fused-ring (bicyclic) bond motifs is 1. The van der Waals surface area contributed by atoms with Crippen LogP contribution in [0.2, 0.25) is 0 Å². The Morgan fingerprint density at radius 3 is 2.27 bits per heavy atom. The van der Waals surface area contributed by atoms with Gasteiger partial charge in [0.1, 0.15) is 0 Å². The summed E-state index contributed by atoms with van der Waals surface area (Å²) in [5.74, 6) is 0. The third-order valence-corrected chi connectivity index (χ3v) is 5.58. The van der Waals surface area contributed by atoms with Crippen molar-refractivity contribution in [3.05, 3.63) is 36.4 Å². The molecule has 1 N–H and O–H groups in total. The van der Waals surface area contributed by atoms with Crippen molar-refractivity contribution >= 4 is 26.5 Å². The minimum absolute atomic E-state index is 0.0276. The Bertz CT molecular complexity index is 757. The zero-order valence-corrected chi connectivity index (χ0v) is 14.0. The number of benzene rings is 2. The highest BCUT2D eigenvalue weighted by Gasteiger charge is 2.23. The zero-order valence-electron chi connectivity index (χ0n) is 13.2. The van der Waals surface area contributed by atoms with Gasteiger partial charge < -0.3 is 10.0 Å². The average Bonchev–Trinajstić information content (AvgIpc) is 2.50. The van der Waals surface area contributed by atoms with Crippen LogP contribution in [0.3, 0.4) is 0 Å². The molecular formula is C16H22N2O3S. The van der Waals surface area contributed by atoms with E-state index in [1.165, 1.54) is 4.31 Å². The van der Waals surface area contributed by atoms with Crippen LogP contribution in [0, 0.1) is 0 Å². The topological polar surface area (TPSA) is 60.9 Å². The molecule has 2 aromatic carbocycles. The van der Waals surface area contributed by atoms with E-state index in [1.807, 2.05) is 43.3 Å². The van der Waals surface area contributed by atoms with E-state index in [-0.39, 0.29) is 6.61 Å². The van der Waals surface area contributed by atoms with Crippen LogP contribution in [0.4, 0.5) is 5.69 Å². The summed E-state index contributed by atoms with van der Waals surface area (Å²) in [6.45, 7) is 0.267. The standard InChI is InChI=1S/C16H22N2O3S/c1-17(2)15-9-4-8-14-13(15)7-5-10-16(14)22(20,21)18(3)11-6-12-19/h4-5,7-10,19H,6,11-12H2,1-3H3. The van der Waals surface area contributed by atoms with E-state index >= 15 is 0 Å². The first-order valence-electron chi connectivity index (χ1n) is 7.16. The van der Waals surface area contributed by atoms with E-state index in [0.717, 1.165) is 11.1 Å². The van der Waals surface area contributed by atoms with Crippen LogP contribution in [0.15, 0.2) is 41.3 Å². The average molecular weight is 322 g/mol. The van der Waals surface area contributed by atoms with Crippen LogP contribution in [0.1, 0.15) is 6.42 Å². The maximum Gasteiger partial charge on any atom is 0.243 e. The Balaban J connectivity index is 2.59. The molecule has 0 amide bonds. The second kappa shape index (κ2) is 6.64. The van der Waals surface area contributed by atoms with Crippen LogP contribution in [-0.4, -0.2) is 52.1 Å². The number of hydrogen-bond acceptors (Lipinski definition) is 4. The third kappa shape index (κ3) is 3.09. The van der Waals surface area contributed by atoms with Gasteiger partial charge in [-0.25, -0.2) is 12.7 Å². The monoisotopic (exact) mass is 322 g/mol. The van der Waals surface area contributed by atoms with E-state index in [9.17, 15) is 8.42 Å². The smallest absolute Gasteiger partial charge is 0.243 e. The van der Waals surface area contributed by atoms with Gasteiger partial charge >= 0.3 is 0 Å². The second-order valence-electron chi connectivity index (χ2n) is 5.43. The molecule has 120 valence electrons. The van der Waals surface area contributed by atoms with Gasteiger partial charge in [0.05, 0.1) is 4.90 Å². The lowest BCUT2D eigenvalue weighted by Crippen LogP contribution is -2.28. The van der Waals surface area contributed by atoms with Crippen molar-refractivity contribution in [3.63, 3.8) is 0 Å². The van der Waals surface area contributed by atoms with Crippen LogP contribution in [0.25, 0.3) is 10.8 Å². The normalized spacial score (nSPS) is 12.0. The molecule has 0 unspecified atom stereocenters. The van der Waals surface area contributed by atoms with Gasteiger partial charge in [-0.1, -0.05) is 24.3 Å². The van der Waals surface area contributed by atoms with Gasteiger partial charge in [0, 0.05) is 50.8 Å². The van der Waals surface area contributed by atoms with Crippen LogP contribution >= 0.6 is 0 Å². The van der Waals surface area contributed by atoms with Crippen molar-refractivity contribution in [1.29, 1.82) is 0 Å². The first kappa shape index (κ1) is 16.7. The lowest BCUT2D eigenvalue weighted by atomic mass is 10.1. The maximum atomic E-state index is 12.8. The molecule has 0 spiro atoms. The van der Waals surface area contributed by atoms with Crippen molar-refractivity contribution in [1.82, 2.24) is 4.31 Å². The maximum absolute atomic E-state index is 12.8. The highest BCUT2D eigenvalue weighted by atomic mass is 32.2. The third-order valence-electron chi connectivity index (χ3n) is 3.66. The van der Waals surface area contributed by atoms with Crippen molar-refractivity contribution in [2.45, 2.75) is 11.3 Å². The predicted octanol–water partition coefficient (Wildman–Crippen LogP) is 1.91. The fourth-order valence-electron chi connectivity index (χ4n) is 2.46. The molecule has 6 heteroatoms. The number of hydrogen-bond donors (Lipinski definition) is 1. The quantitative estimate of drug-likeness (QED) is 0.882. The minimum atomic E-state index is -3.58. The van der Waals surface area contributed by atoms with Crippen molar-refractivity contribution in [2.24, 2.45) is 0 Å². The summed E-state index contributed by atoms with van der Waals surface area (Å²) in [6, 6.07) is 11.0. The Kier molecular flexibility index (Phi) is 5.05. The van der Waals surface area contributed by atoms with E-state index in [1.54, 1.807) is 19.2 Å². The predicted molar refractivity (Wildman–Crippen MR) is 89.8 cm³/mol. The highest BCUT2D eigenvalue weighted by molar-refractivity contribution is 7.89. The van der Waals surface area contributed by atoms with E-state index in [4.69, 9.17) is 5.11 Å². The summed E-state index contributed by atoms with van der Waals surface area (Å²) in [7, 11) is 1.83. The van der Waals surface area contributed by atoms with Crippen LogP contribution < -0.4 is 4.90 Å². The summed E-state index contributed by atoms with van der Waals surface area (Å²) in [5, 5.41) is 10.5. The zero-order chi connectivity index (χ0) is 16.3. The molecule has 0 aliphatic rings. The highest BCUT2D eigenvalue weighted by Crippen LogP contribution is 2.31. The summed E-state index contributed by atoms with van der Waals surface area (Å²) < 4.78 is 26.8. The molecule has 0 aromatic heterocycles. The molecule has 0 saturated carbocycles. The van der Waals surface area contributed by atoms with Gasteiger partial charge in [0.2, 0.25) is 10.0 Å². The van der Waals surface area contributed by atoms with Gasteiger partial charge in [0.25, 0.3) is 0 Å². The number of aliphatic hydroxyl groups is 1. The molecule has 0 bridgehead atoms. The molecule has 0 heterocycles. The van der Waals surface area contributed by atoms with Gasteiger partial charge in [-0.2, -0.15) is 0 Å². The molecule has 0 aliphatic carbocycles.